The van der Waals surface area contributed by atoms with Crippen LogP contribution >= 0.6 is 11.9 Å². The van der Waals surface area contributed by atoms with Crippen LogP contribution in [0, 0.1) is 27.7 Å². The number of aromatic nitrogens is 2. The van der Waals surface area contributed by atoms with Crippen LogP contribution in [0.25, 0.3) is 11.1 Å². The van der Waals surface area contributed by atoms with Crippen LogP contribution in [0.15, 0.2) is 57.9 Å². The summed E-state index contributed by atoms with van der Waals surface area (Å²) in [5.74, 6) is 2.96. The van der Waals surface area contributed by atoms with E-state index in [4.69, 9.17) is 18.7 Å². The van der Waals surface area contributed by atoms with E-state index in [9.17, 15) is 0 Å². The van der Waals surface area contributed by atoms with Gasteiger partial charge in [0, 0.05) is 35.2 Å². The van der Waals surface area contributed by atoms with E-state index < -0.39 is 0 Å². The number of hydrogen-bond acceptors (Lipinski definition) is 8. The average Bonchev–Trinajstić information content (AvgIpc) is 3.23. The molecule has 0 saturated carbocycles. The quantitative estimate of drug-likeness (QED) is 0.191. The van der Waals surface area contributed by atoms with Crippen LogP contribution in [-0.2, 0) is 17.8 Å². The van der Waals surface area contributed by atoms with Gasteiger partial charge in [-0.3, -0.25) is 4.98 Å². The SMILES string of the molecule is CCOCc1cc(CCOc2cc(C)nc(C)c2OC)ccc1-c1ccccc1SNc1noc(C)c1C. The zero-order valence-corrected chi connectivity index (χ0v) is 23.7. The van der Waals surface area contributed by atoms with Crippen LogP contribution in [0.2, 0.25) is 0 Å². The lowest BCUT2D eigenvalue weighted by Crippen LogP contribution is -2.06. The van der Waals surface area contributed by atoms with Gasteiger partial charge in [-0.25, -0.2) is 0 Å². The highest BCUT2D eigenvalue weighted by atomic mass is 32.2. The van der Waals surface area contributed by atoms with Crippen LogP contribution in [0.4, 0.5) is 5.82 Å². The number of methoxy groups -OCH3 is 1. The molecule has 2 heterocycles. The highest BCUT2D eigenvalue weighted by molar-refractivity contribution is 8.00. The molecule has 0 bridgehead atoms. The van der Waals surface area contributed by atoms with Crippen LogP contribution in [0.5, 0.6) is 11.5 Å². The predicted octanol–water partition coefficient (Wildman–Crippen LogP) is 7.26. The third kappa shape index (κ3) is 6.49. The highest BCUT2D eigenvalue weighted by Gasteiger charge is 2.15. The van der Waals surface area contributed by atoms with Crippen LogP contribution < -0.4 is 14.2 Å². The second kappa shape index (κ2) is 12.8. The van der Waals surface area contributed by atoms with E-state index in [1.165, 1.54) is 17.5 Å². The summed E-state index contributed by atoms with van der Waals surface area (Å²) in [5.41, 5.74) is 7.33. The fraction of sp³-hybridized carbons (Fsp3) is 0.333. The van der Waals surface area contributed by atoms with Crippen molar-refractivity contribution in [3.63, 3.8) is 0 Å². The first-order valence-electron chi connectivity index (χ1n) is 12.7. The summed E-state index contributed by atoms with van der Waals surface area (Å²) >= 11 is 1.53. The van der Waals surface area contributed by atoms with E-state index in [0.29, 0.717) is 25.6 Å². The van der Waals surface area contributed by atoms with Crippen molar-refractivity contribution in [1.29, 1.82) is 0 Å². The number of nitrogens with one attached hydrogen (secondary N) is 1. The van der Waals surface area contributed by atoms with Gasteiger partial charge >= 0.3 is 0 Å². The van der Waals surface area contributed by atoms with E-state index in [2.05, 4.69) is 51.3 Å². The number of hydrogen-bond donors (Lipinski definition) is 1. The summed E-state index contributed by atoms with van der Waals surface area (Å²) in [6.45, 7) is 11.5. The molecule has 0 atom stereocenters. The zero-order chi connectivity index (χ0) is 27.1. The molecule has 0 aliphatic heterocycles. The van der Waals surface area contributed by atoms with Crippen LogP contribution in [-0.4, -0.2) is 30.5 Å². The number of rotatable bonds is 12. The lowest BCUT2D eigenvalue weighted by atomic mass is 9.97. The summed E-state index contributed by atoms with van der Waals surface area (Å²) in [6.07, 6.45) is 0.756. The van der Waals surface area contributed by atoms with Gasteiger partial charge in [0.2, 0.25) is 0 Å². The molecule has 2 aromatic carbocycles. The minimum atomic E-state index is 0.527. The normalized spacial score (nSPS) is 11.0. The van der Waals surface area contributed by atoms with Crippen molar-refractivity contribution in [3.05, 3.63) is 82.4 Å². The molecular formula is C30H35N3O4S. The van der Waals surface area contributed by atoms with Crippen molar-refractivity contribution in [1.82, 2.24) is 10.1 Å². The monoisotopic (exact) mass is 533 g/mol. The highest BCUT2D eigenvalue weighted by Crippen LogP contribution is 2.35. The van der Waals surface area contributed by atoms with E-state index >= 15 is 0 Å². The van der Waals surface area contributed by atoms with Gasteiger partial charge in [0.1, 0.15) is 5.76 Å². The molecule has 7 nitrogen and oxygen atoms in total. The van der Waals surface area contributed by atoms with E-state index in [-0.39, 0.29) is 0 Å². The lowest BCUT2D eigenvalue weighted by molar-refractivity contribution is 0.134. The Labute approximate surface area is 229 Å². The molecule has 8 heteroatoms. The molecule has 0 aliphatic carbocycles. The van der Waals surface area contributed by atoms with Crippen molar-refractivity contribution in [2.45, 2.75) is 52.5 Å². The van der Waals surface area contributed by atoms with E-state index in [1.54, 1.807) is 7.11 Å². The van der Waals surface area contributed by atoms with Crippen molar-refractivity contribution in [3.8, 4) is 22.6 Å². The van der Waals surface area contributed by atoms with Crippen molar-refractivity contribution >= 4 is 17.8 Å². The van der Waals surface area contributed by atoms with Crippen LogP contribution in [0.1, 0.15) is 40.8 Å². The molecule has 0 fully saturated rings. The maximum atomic E-state index is 6.11. The molecule has 1 N–H and O–H groups in total. The van der Waals surface area contributed by atoms with Gasteiger partial charge in [0.05, 0.1) is 26.0 Å². The third-order valence-corrected chi connectivity index (χ3v) is 7.18. The van der Waals surface area contributed by atoms with Crippen LogP contribution in [0.3, 0.4) is 0 Å². The average molecular weight is 534 g/mol. The Morgan fingerprint density at radius 3 is 2.55 bits per heavy atom. The zero-order valence-electron chi connectivity index (χ0n) is 22.9. The lowest BCUT2D eigenvalue weighted by Gasteiger charge is -2.16. The Morgan fingerprint density at radius 2 is 1.82 bits per heavy atom. The van der Waals surface area contributed by atoms with Crippen molar-refractivity contribution < 1.29 is 18.7 Å². The molecule has 4 rings (SSSR count). The van der Waals surface area contributed by atoms with Gasteiger partial charge in [-0.15, -0.1) is 0 Å². The van der Waals surface area contributed by atoms with Gasteiger partial charge in [0.25, 0.3) is 0 Å². The number of anilines is 1. The Balaban J connectivity index is 1.54. The van der Waals surface area contributed by atoms with Gasteiger partial charge in [-0.1, -0.05) is 41.6 Å². The number of benzene rings is 2. The molecule has 0 amide bonds. The fourth-order valence-corrected chi connectivity index (χ4v) is 5.04. The molecule has 0 spiro atoms. The Hall–Kier alpha value is -3.49. The molecular weight excluding hydrogens is 498 g/mol. The number of nitrogens with zero attached hydrogens (tertiary/aromatic N) is 2. The van der Waals surface area contributed by atoms with E-state index in [0.717, 1.165) is 62.3 Å². The Bertz CT molecular complexity index is 1390. The molecule has 2 aromatic heterocycles. The summed E-state index contributed by atoms with van der Waals surface area (Å²) in [7, 11) is 1.64. The number of pyridine rings is 1. The molecule has 38 heavy (non-hydrogen) atoms. The summed E-state index contributed by atoms with van der Waals surface area (Å²) < 4.78 is 26.1. The van der Waals surface area contributed by atoms with Gasteiger partial charge < -0.3 is 23.5 Å². The second-order valence-electron chi connectivity index (χ2n) is 9.02. The first kappa shape index (κ1) is 27.5. The van der Waals surface area contributed by atoms with Gasteiger partial charge in [-0.2, -0.15) is 0 Å². The molecule has 4 aromatic rings. The Morgan fingerprint density at radius 1 is 1.00 bits per heavy atom. The van der Waals surface area contributed by atoms with Crippen molar-refractivity contribution in [2.24, 2.45) is 0 Å². The maximum absolute atomic E-state index is 6.11. The third-order valence-electron chi connectivity index (χ3n) is 6.31. The smallest absolute Gasteiger partial charge is 0.182 e. The first-order valence-corrected chi connectivity index (χ1v) is 13.5. The maximum Gasteiger partial charge on any atom is 0.182 e. The minimum absolute atomic E-state index is 0.527. The van der Waals surface area contributed by atoms with E-state index in [1.807, 2.05) is 46.8 Å². The number of aryl methyl sites for hydroxylation is 3. The summed E-state index contributed by atoms with van der Waals surface area (Å²) in [4.78, 5) is 5.55. The van der Waals surface area contributed by atoms with Crippen molar-refractivity contribution in [2.75, 3.05) is 25.0 Å². The largest absolute Gasteiger partial charge is 0.491 e. The molecule has 0 unspecified atom stereocenters. The first-order chi connectivity index (χ1) is 18.4. The summed E-state index contributed by atoms with van der Waals surface area (Å²) in [6, 6.07) is 16.8. The molecule has 0 aliphatic rings. The van der Waals surface area contributed by atoms with Gasteiger partial charge in [-0.05, 0) is 74.9 Å². The predicted molar refractivity (Wildman–Crippen MR) is 152 cm³/mol. The molecule has 200 valence electrons. The standard InChI is InChI=1S/C30H35N3O4S/c1-7-35-18-24-17-23(14-15-36-27-16-19(2)31-21(4)29(27)34-6)12-13-25(24)26-10-8-9-11-28(26)38-33-30-20(3)22(5)37-32-30/h8-13,16-17H,7,14-15,18H2,1-6H3,(H,32,33). The second-order valence-corrected chi connectivity index (χ2v) is 9.87. The summed E-state index contributed by atoms with van der Waals surface area (Å²) in [5, 5.41) is 4.12. The molecule has 0 saturated heterocycles. The van der Waals surface area contributed by atoms with Gasteiger partial charge in [0.15, 0.2) is 17.3 Å². The number of ether oxygens (including phenoxy) is 3. The molecule has 0 radical (unpaired) electrons. The topological polar surface area (TPSA) is 78.6 Å². The fourth-order valence-electron chi connectivity index (χ4n) is 4.21. The minimum Gasteiger partial charge on any atom is -0.491 e. The Kier molecular flexibility index (Phi) is 9.31.